The average Bonchev–Trinajstić information content (AvgIpc) is 3.01. The first-order valence-corrected chi connectivity index (χ1v) is 7.85. The van der Waals surface area contributed by atoms with Crippen molar-refractivity contribution in [1.82, 2.24) is 10.2 Å². The molecular weight excluding hydrogens is 268 g/mol. The Balaban J connectivity index is 1.77. The minimum absolute atomic E-state index is 0.149. The van der Waals surface area contributed by atoms with Gasteiger partial charge in [-0.2, -0.15) is 11.3 Å². The van der Waals surface area contributed by atoms with Crippen LogP contribution in [0.1, 0.15) is 17.2 Å². The van der Waals surface area contributed by atoms with Crippen LogP contribution in [-0.4, -0.2) is 30.4 Å². The van der Waals surface area contributed by atoms with Crippen molar-refractivity contribution in [3.63, 3.8) is 0 Å². The maximum absolute atomic E-state index is 12.6. The lowest BCUT2D eigenvalue weighted by Gasteiger charge is -2.36. The molecule has 3 rings (SSSR count). The molecule has 1 N–H and O–H groups in total. The molecule has 1 aromatic carbocycles. The van der Waals surface area contributed by atoms with E-state index in [1.807, 2.05) is 34.5 Å². The molecule has 1 aliphatic rings. The van der Waals surface area contributed by atoms with E-state index in [0.717, 1.165) is 25.2 Å². The fraction of sp³-hybridized carbons (Fsp3) is 0.312. The summed E-state index contributed by atoms with van der Waals surface area (Å²) in [4.78, 5) is 14.6. The maximum Gasteiger partial charge on any atom is 0.227 e. The van der Waals surface area contributed by atoms with Crippen LogP contribution >= 0.6 is 11.3 Å². The highest BCUT2D eigenvalue weighted by atomic mass is 32.1. The predicted octanol–water partition coefficient (Wildman–Crippen LogP) is 2.46. The molecule has 0 aliphatic carbocycles. The average molecular weight is 286 g/mol. The van der Waals surface area contributed by atoms with Gasteiger partial charge >= 0.3 is 0 Å². The summed E-state index contributed by atoms with van der Waals surface area (Å²) in [6, 6.07) is 12.5. The molecule has 2 aromatic rings. The zero-order valence-corrected chi connectivity index (χ0v) is 12.1. The van der Waals surface area contributed by atoms with Crippen molar-refractivity contribution in [2.45, 2.75) is 12.5 Å². The third-order valence-electron chi connectivity index (χ3n) is 3.68. The summed E-state index contributed by atoms with van der Waals surface area (Å²) in [7, 11) is 0. The van der Waals surface area contributed by atoms with Gasteiger partial charge < -0.3 is 10.2 Å². The van der Waals surface area contributed by atoms with Crippen LogP contribution in [0.5, 0.6) is 0 Å². The molecule has 0 saturated carbocycles. The molecule has 1 saturated heterocycles. The number of benzene rings is 1. The van der Waals surface area contributed by atoms with E-state index < -0.39 is 0 Å². The van der Waals surface area contributed by atoms with Gasteiger partial charge in [0.2, 0.25) is 5.91 Å². The largest absolute Gasteiger partial charge is 0.333 e. The zero-order chi connectivity index (χ0) is 13.8. The first-order chi connectivity index (χ1) is 9.84. The number of nitrogens with one attached hydrogen (secondary N) is 1. The Hall–Kier alpha value is -1.65. The molecule has 1 amide bonds. The van der Waals surface area contributed by atoms with Crippen LogP contribution < -0.4 is 5.32 Å². The zero-order valence-electron chi connectivity index (χ0n) is 11.3. The quantitative estimate of drug-likeness (QED) is 0.940. The molecule has 3 nitrogen and oxygen atoms in total. The second kappa shape index (κ2) is 6.20. The monoisotopic (exact) mass is 286 g/mol. The molecule has 0 bridgehead atoms. The van der Waals surface area contributed by atoms with Crippen LogP contribution in [0.2, 0.25) is 0 Å². The number of hydrogen-bond acceptors (Lipinski definition) is 3. The standard InChI is InChI=1S/C16H18N2OS/c19-16(10-13-6-9-20-12-13)18-8-7-17-11-15(18)14-4-2-1-3-5-14/h1-6,9,12,15,17H,7-8,10-11H2/t15-/m1/s1. The molecule has 1 atom stereocenters. The molecular formula is C16H18N2OS. The van der Waals surface area contributed by atoms with Crippen LogP contribution in [0, 0.1) is 0 Å². The Morgan fingerprint density at radius 1 is 1.30 bits per heavy atom. The number of carbonyl (C=O) groups excluding carboxylic acids is 1. The van der Waals surface area contributed by atoms with E-state index in [4.69, 9.17) is 0 Å². The highest BCUT2D eigenvalue weighted by molar-refractivity contribution is 7.07. The SMILES string of the molecule is O=C(Cc1ccsc1)N1CCNC[C@@H]1c1ccccc1. The molecule has 0 spiro atoms. The van der Waals surface area contributed by atoms with Gasteiger partial charge in [-0.3, -0.25) is 4.79 Å². The van der Waals surface area contributed by atoms with E-state index in [0.29, 0.717) is 6.42 Å². The number of thiophene rings is 1. The van der Waals surface area contributed by atoms with Gasteiger partial charge in [-0.1, -0.05) is 30.3 Å². The van der Waals surface area contributed by atoms with Gasteiger partial charge in [0, 0.05) is 19.6 Å². The van der Waals surface area contributed by atoms with Gasteiger partial charge in [0.1, 0.15) is 0 Å². The predicted molar refractivity (Wildman–Crippen MR) is 81.8 cm³/mol. The summed E-state index contributed by atoms with van der Waals surface area (Å²) in [6.45, 7) is 2.49. The van der Waals surface area contributed by atoms with Crippen LogP contribution in [0.15, 0.2) is 47.2 Å². The number of nitrogens with zero attached hydrogens (tertiary/aromatic N) is 1. The summed E-state index contributed by atoms with van der Waals surface area (Å²) in [5, 5.41) is 7.46. The van der Waals surface area contributed by atoms with Crippen LogP contribution in [0.4, 0.5) is 0 Å². The smallest absolute Gasteiger partial charge is 0.227 e. The van der Waals surface area contributed by atoms with Gasteiger partial charge in [-0.25, -0.2) is 0 Å². The number of amides is 1. The van der Waals surface area contributed by atoms with Gasteiger partial charge in [0.05, 0.1) is 12.5 Å². The molecule has 4 heteroatoms. The molecule has 0 unspecified atom stereocenters. The van der Waals surface area contributed by atoms with Gasteiger partial charge in [-0.05, 0) is 28.0 Å². The van der Waals surface area contributed by atoms with Crippen LogP contribution in [0.25, 0.3) is 0 Å². The van der Waals surface area contributed by atoms with E-state index >= 15 is 0 Å². The molecule has 1 aromatic heterocycles. The molecule has 1 aliphatic heterocycles. The fourth-order valence-electron chi connectivity index (χ4n) is 2.65. The minimum Gasteiger partial charge on any atom is -0.333 e. The lowest BCUT2D eigenvalue weighted by Crippen LogP contribution is -2.49. The Labute approximate surface area is 123 Å². The fourth-order valence-corrected chi connectivity index (χ4v) is 3.31. The lowest BCUT2D eigenvalue weighted by atomic mass is 10.0. The first kappa shape index (κ1) is 13.3. The number of piperazine rings is 1. The van der Waals surface area contributed by atoms with E-state index in [-0.39, 0.29) is 11.9 Å². The Kier molecular flexibility index (Phi) is 4.14. The molecule has 2 heterocycles. The van der Waals surface area contributed by atoms with E-state index in [9.17, 15) is 4.79 Å². The van der Waals surface area contributed by atoms with Crippen molar-refractivity contribution in [1.29, 1.82) is 0 Å². The number of carbonyl (C=O) groups is 1. The van der Waals surface area contributed by atoms with Crippen molar-refractivity contribution in [2.75, 3.05) is 19.6 Å². The van der Waals surface area contributed by atoms with E-state index in [2.05, 4.69) is 22.8 Å². The Morgan fingerprint density at radius 2 is 2.15 bits per heavy atom. The van der Waals surface area contributed by atoms with Crippen LogP contribution in [-0.2, 0) is 11.2 Å². The van der Waals surface area contributed by atoms with Crippen molar-refractivity contribution in [2.24, 2.45) is 0 Å². The summed E-state index contributed by atoms with van der Waals surface area (Å²) >= 11 is 1.64. The van der Waals surface area contributed by atoms with Crippen molar-refractivity contribution < 1.29 is 4.79 Å². The summed E-state index contributed by atoms with van der Waals surface area (Å²) < 4.78 is 0. The van der Waals surface area contributed by atoms with E-state index in [1.165, 1.54) is 5.56 Å². The van der Waals surface area contributed by atoms with Gasteiger partial charge in [-0.15, -0.1) is 0 Å². The number of hydrogen-bond donors (Lipinski definition) is 1. The first-order valence-electron chi connectivity index (χ1n) is 6.91. The van der Waals surface area contributed by atoms with Gasteiger partial charge in [0.25, 0.3) is 0 Å². The van der Waals surface area contributed by atoms with Gasteiger partial charge in [0.15, 0.2) is 0 Å². The van der Waals surface area contributed by atoms with Crippen molar-refractivity contribution >= 4 is 17.2 Å². The highest BCUT2D eigenvalue weighted by Crippen LogP contribution is 2.23. The van der Waals surface area contributed by atoms with Crippen molar-refractivity contribution in [3.05, 3.63) is 58.3 Å². The molecule has 0 radical (unpaired) electrons. The topological polar surface area (TPSA) is 32.3 Å². The Bertz CT molecular complexity index is 553. The Morgan fingerprint density at radius 3 is 2.90 bits per heavy atom. The summed E-state index contributed by atoms with van der Waals surface area (Å²) in [5.41, 5.74) is 2.32. The van der Waals surface area contributed by atoms with Crippen molar-refractivity contribution in [3.8, 4) is 0 Å². The second-order valence-corrected chi connectivity index (χ2v) is 5.81. The maximum atomic E-state index is 12.6. The highest BCUT2D eigenvalue weighted by Gasteiger charge is 2.27. The molecule has 1 fully saturated rings. The summed E-state index contributed by atoms with van der Waals surface area (Å²) in [6.07, 6.45) is 0.507. The third kappa shape index (κ3) is 2.92. The lowest BCUT2D eigenvalue weighted by molar-refractivity contribution is -0.133. The summed E-state index contributed by atoms with van der Waals surface area (Å²) in [5.74, 6) is 0.221. The minimum atomic E-state index is 0.149. The normalized spacial score (nSPS) is 19.0. The number of rotatable bonds is 3. The van der Waals surface area contributed by atoms with Crippen LogP contribution in [0.3, 0.4) is 0 Å². The molecule has 20 heavy (non-hydrogen) atoms. The molecule has 104 valence electrons. The third-order valence-corrected chi connectivity index (χ3v) is 4.42. The second-order valence-electron chi connectivity index (χ2n) is 5.03. The van der Waals surface area contributed by atoms with E-state index in [1.54, 1.807) is 11.3 Å².